The van der Waals surface area contributed by atoms with E-state index < -0.39 is 41.6 Å². The van der Waals surface area contributed by atoms with Gasteiger partial charge >= 0.3 is 58.0 Å². The molecule has 0 saturated heterocycles. The summed E-state index contributed by atoms with van der Waals surface area (Å²) >= 11 is 0. The van der Waals surface area contributed by atoms with Crippen LogP contribution in [0.3, 0.4) is 0 Å². The molecule has 2 radical (unpaired) electrons. The van der Waals surface area contributed by atoms with Crippen LogP contribution < -0.4 is 0 Å². The Balaban J connectivity index is -0.0000000284. The molecule has 0 N–H and O–H groups in total. The molecule has 0 bridgehead atoms. The van der Waals surface area contributed by atoms with Gasteiger partial charge in [0, 0.05) is 41.6 Å². The Morgan fingerprint density at radius 3 is 0.348 bits per heavy atom. The molecular weight excluding hydrogens is 630 g/mol. The van der Waals surface area contributed by atoms with Crippen LogP contribution in [0.5, 0.6) is 0 Å². The van der Waals surface area contributed by atoms with Crippen molar-refractivity contribution in [2.24, 2.45) is 0 Å². The van der Waals surface area contributed by atoms with E-state index in [9.17, 15) is 0 Å². The standard InChI is InChI=1S/2Cu.4H2O4S.Sn/c;;4*1-5(2,3)4;/h;;4*(H2,1,2,3,4);/q2*+2;;;;;+4/p-8. The molecule has 0 aromatic carbocycles. The van der Waals surface area contributed by atoms with Gasteiger partial charge in [0.2, 0.25) is 0 Å². The summed E-state index contributed by atoms with van der Waals surface area (Å²) in [4.78, 5) is 0. The molecule has 0 aliphatic heterocycles. The van der Waals surface area contributed by atoms with Crippen LogP contribution in [0, 0.1) is 0 Å². The normalized spacial score (nSPS) is 10.1. The SMILES string of the molecule is O=S(=O)([O-])[O-].O=S(=O)([O-])[O-].O=S(=O)([O-])[O-].O=S(=O)([O-])[O-].[Cu+2].[Cu+2].[Sn+4]. The van der Waals surface area contributed by atoms with Crippen molar-refractivity contribution in [2.45, 2.75) is 0 Å². The predicted octanol–water partition coefficient (Wildman–Crippen LogP) is -5.74. The van der Waals surface area contributed by atoms with Gasteiger partial charge in [-0.3, -0.25) is 33.7 Å². The third-order valence-electron chi connectivity index (χ3n) is 0. The second-order valence-corrected chi connectivity index (χ2v) is 4.90. The summed E-state index contributed by atoms with van der Waals surface area (Å²) in [6.07, 6.45) is 0. The van der Waals surface area contributed by atoms with Gasteiger partial charge in [0.05, 0.1) is 0 Å². The van der Waals surface area contributed by atoms with Gasteiger partial charge in [-0.25, -0.2) is 0 Å². The predicted molar refractivity (Wildman–Crippen MR) is 47.7 cm³/mol. The summed E-state index contributed by atoms with van der Waals surface area (Å²) in [5, 5.41) is 0. The maximum atomic E-state index is 8.52. The van der Waals surface area contributed by atoms with Crippen LogP contribution in [0.1, 0.15) is 0 Å². The maximum Gasteiger partial charge on any atom is 4.00 e. The van der Waals surface area contributed by atoms with Crippen LogP contribution in [0.15, 0.2) is 0 Å². The molecule has 23 heteroatoms. The van der Waals surface area contributed by atoms with E-state index in [0.717, 1.165) is 0 Å². The average molecular weight is 630 g/mol. The molecule has 23 heavy (non-hydrogen) atoms. The molecule has 0 atom stereocenters. The molecule has 0 unspecified atom stereocenters. The second kappa shape index (κ2) is 18.1. The van der Waals surface area contributed by atoms with Crippen molar-refractivity contribution in [3.8, 4) is 0 Å². The minimum absolute atomic E-state index is 0. The van der Waals surface area contributed by atoms with E-state index in [2.05, 4.69) is 0 Å². The molecule has 0 saturated carbocycles. The van der Waals surface area contributed by atoms with Gasteiger partial charge in [-0.2, -0.15) is 0 Å². The van der Waals surface area contributed by atoms with Crippen molar-refractivity contribution in [1.29, 1.82) is 0 Å². The average Bonchev–Trinajstić information content (AvgIpc) is 1.62. The van der Waals surface area contributed by atoms with Crippen molar-refractivity contribution in [3.05, 3.63) is 0 Å². The van der Waals surface area contributed by atoms with E-state index in [1.54, 1.807) is 0 Å². The molecule has 0 aromatic rings. The monoisotopic (exact) mass is 630 g/mol. The summed E-state index contributed by atoms with van der Waals surface area (Å²) in [5.41, 5.74) is 0. The molecule has 16 nitrogen and oxygen atoms in total. The van der Waals surface area contributed by atoms with Gasteiger partial charge < -0.3 is 36.4 Å². The summed E-state index contributed by atoms with van der Waals surface area (Å²) in [6.45, 7) is 0. The van der Waals surface area contributed by atoms with E-state index in [0.29, 0.717) is 0 Å². The first-order valence-corrected chi connectivity index (χ1v) is 8.00. The Kier molecular flexibility index (Phi) is 34.7. The molecule has 0 spiro atoms. The van der Waals surface area contributed by atoms with Gasteiger partial charge in [0.15, 0.2) is 0 Å². The van der Waals surface area contributed by atoms with E-state index >= 15 is 0 Å². The van der Waals surface area contributed by atoms with Crippen LogP contribution in [0.2, 0.25) is 0 Å². The molecule has 0 fully saturated rings. The quantitative estimate of drug-likeness (QED) is 0.137. The Morgan fingerprint density at radius 1 is 0.348 bits per heavy atom. The molecular formula is Cu2O16S4Sn. The minimum atomic E-state index is -5.17. The third-order valence-corrected chi connectivity index (χ3v) is 0. The van der Waals surface area contributed by atoms with Gasteiger partial charge in [-0.05, 0) is 0 Å². The van der Waals surface area contributed by atoms with Crippen LogP contribution in [0.25, 0.3) is 0 Å². The Hall–Kier alpha value is 1.32. The Morgan fingerprint density at radius 2 is 0.348 bits per heavy atom. The van der Waals surface area contributed by atoms with Crippen molar-refractivity contribution in [1.82, 2.24) is 0 Å². The first kappa shape index (κ1) is 44.1. The topological polar surface area (TPSA) is 321 Å². The first-order valence-electron chi connectivity index (χ1n) is 2.67. The Labute approximate surface area is 168 Å². The fourth-order valence-corrected chi connectivity index (χ4v) is 0. The van der Waals surface area contributed by atoms with Gasteiger partial charge in [-0.15, -0.1) is 0 Å². The van der Waals surface area contributed by atoms with Crippen LogP contribution in [-0.4, -0.2) is 94.0 Å². The van der Waals surface area contributed by atoms with Crippen molar-refractivity contribution < 1.29 is 104 Å². The van der Waals surface area contributed by atoms with E-state index in [1.165, 1.54) is 0 Å². The third kappa shape index (κ3) is 6100. The molecule has 0 aliphatic rings. The number of hydrogen-bond donors (Lipinski definition) is 0. The summed E-state index contributed by atoms with van der Waals surface area (Å²) in [5.74, 6) is 0. The van der Waals surface area contributed by atoms with Crippen molar-refractivity contribution in [3.63, 3.8) is 0 Å². The number of hydrogen-bond acceptors (Lipinski definition) is 16. The summed E-state index contributed by atoms with van der Waals surface area (Å²) < 4.78 is 136. The maximum absolute atomic E-state index is 8.52. The van der Waals surface area contributed by atoms with Crippen molar-refractivity contribution >= 4 is 65.5 Å². The molecule has 0 aliphatic carbocycles. The fourth-order valence-electron chi connectivity index (χ4n) is 0. The van der Waals surface area contributed by atoms with Crippen molar-refractivity contribution in [2.75, 3.05) is 0 Å². The molecule has 146 valence electrons. The zero-order valence-electron chi connectivity index (χ0n) is 9.27. The van der Waals surface area contributed by atoms with Crippen LogP contribution in [-0.2, 0) is 75.7 Å². The number of rotatable bonds is 0. The Bertz CT molecular complexity index is 483. The molecule has 0 heterocycles. The van der Waals surface area contributed by atoms with Gasteiger partial charge in [-0.1, -0.05) is 0 Å². The van der Waals surface area contributed by atoms with Gasteiger partial charge in [0.1, 0.15) is 0 Å². The summed E-state index contributed by atoms with van der Waals surface area (Å²) in [7, 11) is -20.7. The van der Waals surface area contributed by atoms with Crippen LogP contribution in [0.4, 0.5) is 0 Å². The molecule has 0 aromatic heterocycles. The van der Waals surface area contributed by atoms with E-state index in [1.807, 2.05) is 0 Å². The smallest absolute Gasteiger partial charge is 0.759 e. The zero-order valence-corrected chi connectivity index (χ0v) is 17.3. The molecule has 0 rings (SSSR count). The first-order chi connectivity index (χ1) is 8.00. The van der Waals surface area contributed by atoms with E-state index in [4.69, 9.17) is 70.1 Å². The minimum Gasteiger partial charge on any atom is -0.759 e. The summed E-state index contributed by atoms with van der Waals surface area (Å²) in [6, 6.07) is 0. The fraction of sp³-hybridized carbons (Fsp3) is 0. The van der Waals surface area contributed by atoms with Crippen LogP contribution >= 0.6 is 0 Å². The zero-order chi connectivity index (χ0) is 18.0. The van der Waals surface area contributed by atoms with Gasteiger partial charge in [0.25, 0.3) is 0 Å². The second-order valence-electron chi connectivity index (χ2n) is 1.63. The molecule has 0 amide bonds. The largest absolute Gasteiger partial charge is 4.00 e. The van der Waals surface area contributed by atoms with E-state index in [-0.39, 0.29) is 58.0 Å².